The van der Waals surface area contributed by atoms with E-state index in [-0.39, 0.29) is 44.5 Å². The Hall–Kier alpha value is -3.27. The topological polar surface area (TPSA) is 86.8 Å². The third-order valence-electron chi connectivity index (χ3n) is 7.22. The monoisotopic (exact) mass is 719 g/mol. The first-order valence-corrected chi connectivity index (χ1v) is 17.5. The van der Waals surface area contributed by atoms with E-state index in [2.05, 4.69) is 5.32 Å². The number of anilines is 1. The Balaban J connectivity index is 1.84. The summed E-state index contributed by atoms with van der Waals surface area (Å²) in [5.74, 6) is -1.03. The molecule has 0 radical (unpaired) electrons. The SMILES string of the molecule is CCCNC(=O)[C@H](Cc1ccccc1)N(Cc1ccc(Cl)c(Cl)c1)C(=O)CN(c1cc(Cl)ccc1Cl)S(=O)(=O)c1ccc(C)cc1. The molecule has 0 heterocycles. The van der Waals surface area contributed by atoms with E-state index < -0.39 is 28.5 Å². The van der Waals surface area contributed by atoms with Crippen LogP contribution in [-0.2, 0) is 32.6 Å². The molecule has 4 aromatic rings. The molecule has 0 aliphatic carbocycles. The smallest absolute Gasteiger partial charge is 0.264 e. The van der Waals surface area contributed by atoms with Gasteiger partial charge in [0, 0.05) is 24.5 Å². The van der Waals surface area contributed by atoms with Crippen LogP contribution in [0.15, 0.2) is 95.9 Å². The molecule has 0 unspecified atom stereocenters. The maximum absolute atomic E-state index is 14.5. The number of sulfonamides is 1. The number of aryl methyl sites for hydroxylation is 1. The fourth-order valence-electron chi connectivity index (χ4n) is 4.78. The van der Waals surface area contributed by atoms with Crippen molar-refractivity contribution >= 4 is 73.9 Å². The normalized spacial score (nSPS) is 12.0. The molecular formula is C34H33Cl4N3O4S. The molecule has 2 amide bonds. The van der Waals surface area contributed by atoms with Gasteiger partial charge in [-0.25, -0.2) is 8.42 Å². The van der Waals surface area contributed by atoms with Crippen LogP contribution in [0.5, 0.6) is 0 Å². The number of carbonyl (C=O) groups is 2. The molecule has 46 heavy (non-hydrogen) atoms. The molecular weight excluding hydrogens is 688 g/mol. The highest BCUT2D eigenvalue weighted by Crippen LogP contribution is 2.34. The largest absolute Gasteiger partial charge is 0.354 e. The third kappa shape index (κ3) is 8.96. The fourth-order valence-corrected chi connectivity index (χ4v) is 6.96. The molecule has 1 N–H and O–H groups in total. The maximum atomic E-state index is 14.5. The fraction of sp³-hybridized carbons (Fsp3) is 0.235. The molecule has 242 valence electrons. The summed E-state index contributed by atoms with van der Waals surface area (Å²) < 4.78 is 29.3. The second-order valence-corrected chi connectivity index (χ2v) is 14.2. The van der Waals surface area contributed by atoms with Gasteiger partial charge in [0.2, 0.25) is 11.8 Å². The van der Waals surface area contributed by atoms with Crippen LogP contribution in [-0.4, -0.2) is 44.3 Å². The van der Waals surface area contributed by atoms with Gasteiger partial charge in [-0.3, -0.25) is 13.9 Å². The van der Waals surface area contributed by atoms with Gasteiger partial charge in [0.1, 0.15) is 12.6 Å². The van der Waals surface area contributed by atoms with Gasteiger partial charge in [-0.1, -0.05) is 107 Å². The van der Waals surface area contributed by atoms with Crippen molar-refractivity contribution in [2.45, 2.75) is 44.2 Å². The van der Waals surface area contributed by atoms with Crippen molar-refractivity contribution in [3.8, 4) is 0 Å². The van der Waals surface area contributed by atoms with Gasteiger partial charge in [0.15, 0.2) is 0 Å². The van der Waals surface area contributed by atoms with E-state index in [1.807, 2.05) is 44.2 Å². The van der Waals surface area contributed by atoms with Crippen LogP contribution in [0, 0.1) is 6.92 Å². The number of amides is 2. The number of hydrogen-bond donors (Lipinski definition) is 1. The zero-order valence-corrected chi connectivity index (χ0v) is 29.1. The van der Waals surface area contributed by atoms with Gasteiger partial charge in [0.05, 0.1) is 25.7 Å². The molecule has 0 aliphatic heterocycles. The Kier molecular flexibility index (Phi) is 12.4. The Labute approximate surface area is 290 Å². The lowest BCUT2D eigenvalue weighted by Gasteiger charge is -2.34. The van der Waals surface area contributed by atoms with Crippen LogP contribution in [0.2, 0.25) is 20.1 Å². The standard InChI is InChI=1S/C34H33Cl4N3O4S/c1-3-17-39-34(43)32(19-24-7-5-4-6-8-24)40(21-25-11-15-28(36)30(38)18-25)33(42)22-41(31-20-26(35)12-16-29(31)37)46(44,45)27-13-9-23(2)10-14-27/h4-16,18,20,32H,3,17,19,21-22H2,1-2H3,(H,39,43)/t32-/m0/s1. The summed E-state index contributed by atoms with van der Waals surface area (Å²) >= 11 is 25.3. The molecule has 0 saturated carbocycles. The molecule has 12 heteroatoms. The van der Waals surface area contributed by atoms with E-state index in [0.29, 0.717) is 23.6 Å². The van der Waals surface area contributed by atoms with Crippen molar-refractivity contribution in [3.05, 3.63) is 128 Å². The zero-order valence-electron chi connectivity index (χ0n) is 25.2. The summed E-state index contributed by atoms with van der Waals surface area (Å²) in [7, 11) is -4.34. The van der Waals surface area contributed by atoms with E-state index >= 15 is 0 Å². The highest BCUT2D eigenvalue weighted by molar-refractivity contribution is 7.92. The van der Waals surface area contributed by atoms with Gasteiger partial charge < -0.3 is 10.2 Å². The van der Waals surface area contributed by atoms with Gasteiger partial charge in [0.25, 0.3) is 10.0 Å². The first kappa shape index (κ1) is 35.6. The van der Waals surface area contributed by atoms with E-state index in [0.717, 1.165) is 15.4 Å². The van der Waals surface area contributed by atoms with Crippen LogP contribution >= 0.6 is 46.4 Å². The highest BCUT2D eigenvalue weighted by atomic mass is 35.5. The van der Waals surface area contributed by atoms with Crippen LogP contribution in [0.3, 0.4) is 0 Å². The predicted octanol–water partition coefficient (Wildman–Crippen LogP) is 7.97. The second kappa shape index (κ2) is 16.0. The zero-order chi connectivity index (χ0) is 33.4. The Bertz CT molecular complexity index is 1790. The molecule has 4 aromatic carbocycles. The van der Waals surface area contributed by atoms with Crippen molar-refractivity contribution in [3.63, 3.8) is 0 Å². The van der Waals surface area contributed by atoms with Crippen LogP contribution in [0.25, 0.3) is 0 Å². The lowest BCUT2D eigenvalue weighted by molar-refractivity contribution is -0.140. The minimum Gasteiger partial charge on any atom is -0.354 e. The predicted molar refractivity (Wildman–Crippen MR) is 186 cm³/mol. The summed E-state index contributed by atoms with van der Waals surface area (Å²) in [6.07, 6.45) is 0.854. The highest BCUT2D eigenvalue weighted by Gasteiger charge is 2.35. The Morgan fingerprint density at radius 1 is 0.804 bits per heavy atom. The van der Waals surface area contributed by atoms with Gasteiger partial charge in [-0.15, -0.1) is 0 Å². The summed E-state index contributed by atoms with van der Waals surface area (Å²) in [6, 6.07) is 23.8. The molecule has 0 aliphatic rings. The van der Waals surface area contributed by atoms with Crippen molar-refractivity contribution in [2.75, 3.05) is 17.4 Å². The number of nitrogens with one attached hydrogen (secondary N) is 1. The minimum atomic E-state index is -4.34. The minimum absolute atomic E-state index is 0.0209. The van der Waals surface area contributed by atoms with Gasteiger partial charge in [-0.05, 0) is 66.9 Å². The van der Waals surface area contributed by atoms with E-state index in [1.165, 1.54) is 35.2 Å². The van der Waals surface area contributed by atoms with Crippen molar-refractivity contribution in [1.29, 1.82) is 0 Å². The van der Waals surface area contributed by atoms with Crippen LogP contribution in [0.1, 0.15) is 30.0 Å². The molecule has 0 saturated heterocycles. The number of halogens is 4. The number of benzene rings is 4. The Morgan fingerprint density at radius 2 is 1.48 bits per heavy atom. The third-order valence-corrected chi connectivity index (χ3v) is 10.3. The van der Waals surface area contributed by atoms with Crippen LogP contribution < -0.4 is 9.62 Å². The van der Waals surface area contributed by atoms with Crippen molar-refractivity contribution in [2.24, 2.45) is 0 Å². The van der Waals surface area contributed by atoms with Crippen LogP contribution in [0.4, 0.5) is 5.69 Å². The number of nitrogens with zero attached hydrogens (tertiary/aromatic N) is 2. The lowest BCUT2D eigenvalue weighted by Crippen LogP contribution is -2.53. The molecule has 0 fully saturated rings. The summed E-state index contributed by atoms with van der Waals surface area (Å²) in [5.41, 5.74) is 2.29. The first-order chi connectivity index (χ1) is 21.9. The lowest BCUT2D eigenvalue weighted by atomic mass is 10.0. The summed E-state index contributed by atoms with van der Waals surface area (Å²) in [6.45, 7) is 3.42. The first-order valence-electron chi connectivity index (χ1n) is 14.5. The maximum Gasteiger partial charge on any atom is 0.264 e. The average Bonchev–Trinajstić information content (AvgIpc) is 3.03. The average molecular weight is 722 g/mol. The molecule has 0 bridgehead atoms. The molecule has 0 aromatic heterocycles. The van der Waals surface area contributed by atoms with E-state index in [1.54, 1.807) is 30.3 Å². The van der Waals surface area contributed by atoms with E-state index in [4.69, 9.17) is 46.4 Å². The second-order valence-electron chi connectivity index (χ2n) is 10.7. The Morgan fingerprint density at radius 3 is 2.13 bits per heavy atom. The summed E-state index contributed by atoms with van der Waals surface area (Å²) in [4.78, 5) is 29.6. The molecule has 1 atom stereocenters. The molecule has 0 spiro atoms. The molecule has 7 nitrogen and oxygen atoms in total. The summed E-state index contributed by atoms with van der Waals surface area (Å²) in [5, 5.41) is 3.81. The van der Waals surface area contributed by atoms with Crippen molar-refractivity contribution in [1.82, 2.24) is 10.2 Å². The quantitative estimate of drug-likeness (QED) is 0.152. The molecule has 4 rings (SSSR count). The van der Waals surface area contributed by atoms with Crippen molar-refractivity contribution < 1.29 is 18.0 Å². The number of rotatable bonds is 13. The number of hydrogen-bond acceptors (Lipinski definition) is 4. The van der Waals surface area contributed by atoms with Gasteiger partial charge >= 0.3 is 0 Å². The van der Waals surface area contributed by atoms with E-state index in [9.17, 15) is 18.0 Å². The number of carbonyl (C=O) groups excluding carboxylic acids is 2. The van der Waals surface area contributed by atoms with Gasteiger partial charge in [-0.2, -0.15) is 0 Å².